The van der Waals surface area contributed by atoms with Crippen molar-refractivity contribution < 1.29 is 24.3 Å². The molecule has 0 aliphatic carbocycles. The summed E-state index contributed by atoms with van der Waals surface area (Å²) in [6.07, 6.45) is 0. The third-order valence-electron chi connectivity index (χ3n) is 6.05. The van der Waals surface area contributed by atoms with Gasteiger partial charge in [0.05, 0.1) is 5.92 Å². The normalized spacial score (nSPS) is 23.5. The van der Waals surface area contributed by atoms with E-state index >= 15 is 0 Å². The summed E-state index contributed by atoms with van der Waals surface area (Å²) in [5.41, 5.74) is 1.71. The maximum Gasteiger partial charge on any atom is 0.327 e. The second-order valence-corrected chi connectivity index (χ2v) is 10.4. The van der Waals surface area contributed by atoms with Gasteiger partial charge in [0.1, 0.15) is 17.5 Å². The molecular weight excluding hydrogens is 451 g/mol. The molecule has 2 saturated heterocycles. The first kappa shape index (κ1) is 25.5. The molecule has 2 fully saturated rings. The maximum absolute atomic E-state index is 12.9. The summed E-state index contributed by atoms with van der Waals surface area (Å²) in [6, 6.07) is 14.1. The number of β-lactam (4-membered cyclic amide) rings is 1. The van der Waals surface area contributed by atoms with Crippen LogP contribution >= 0.6 is 11.8 Å². The number of carbonyl (C=O) groups is 4. The number of rotatable bonds is 6. The second-order valence-electron chi connectivity index (χ2n) is 8.63. The maximum atomic E-state index is 12.9. The van der Waals surface area contributed by atoms with E-state index in [9.17, 15) is 24.3 Å². The van der Waals surface area contributed by atoms with Crippen molar-refractivity contribution in [2.45, 2.75) is 48.9 Å². The Morgan fingerprint density at radius 2 is 1.70 bits per heavy atom. The van der Waals surface area contributed by atoms with E-state index in [1.807, 2.05) is 6.07 Å². The van der Waals surface area contributed by atoms with Gasteiger partial charge in [-0.2, -0.15) is 0 Å². The number of carboxylic acids is 1. The van der Waals surface area contributed by atoms with Crippen molar-refractivity contribution in [1.82, 2.24) is 10.2 Å². The van der Waals surface area contributed by atoms with Crippen LogP contribution in [0.2, 0.25) is 0 Å². The third kappa shape index (κ3) is 4.62. The Kier molecular flexibility index (Phi) is 7.43. The van der Waals surface area contributed by atoms with E-state index in [4.69, 9.17) is 0 Å². The molecule has 2 heterocycles. The van der Waals surface area contributed by atoms with E-state index in [2.05, 4.69) is 5.32 Å². The molecular formula is C24H24N2NaO5S. The minimum atomic E-state index is -1.05. The molecule has 0 saturated carbocycles. The van der Waals surface area contributed by atoms with Crippen LogP contribution < -0.4 is 5.32 Å². The molecule has 7 nitrogen and oxygen atoms in total. The molecule has 0 bridgehead atoms. The number of nitrogens with zero attached hydrogens (tertiary/aromatic N) is 1. The standard InChI is InChI=1S/C24H24N2O5S.Na/c1-13(15-10-7-11-16(12-15)18(27)14-8-5-4-6-9-14)20(28)25-17-21(29)26-19(23(30)31)24(2,3)32-22(17)26;/h4-13,17,19,22H,1-3H3,(H,25,28)(H,30,31);/t13?,17-,19+,22-;/m1./s1. The Hall–Kier alpha value is -2.13. The van der Waals surface area contributed by atoms with Crippen molar-refractivity contribution in [3.63, 3.8) is 0 Å². The molecule has 33 heavy (non-hydrogen) atoms. The monoisotopic (exact) mass is 475 g/mol. The van der Waals surface area contributed by atoms with Crippen molar-refractivity contribution in [2.75, 3.05) is 0 Å². The van der Waals surface area contributed by atoms with Gasteiger partial charge in [-0.3, -0.25) is 14.4 Å². The predicted molar refractivity (Wildman–Crippen MR) is 126 cm³/mol. The summed E-state index contributed by atoms with van der Waals surface area (Å²) < 4.78 is -0.649. The summed E-state index contributed by atoms with van der Waals surface area (Å²) in [6.45, 7) is 5.30. The van der Waals surface area contributed by atoms with Crippen LogP contribution in [0.1, 0.15) is 48.2 Å². The van der Waals surface area contributed by atoms with Crippen molar-refractivity contribution in [3.05, 3.63) is 71.3 Å². The van der Waals surface area contributed by atoms with Gasteiger partial charge in [0.25, 0.3) is 0 Å². The number of benzene rings is 2. The average molecular weight is 476 g/mol. The van der Waals surface area contributed by atoms with Crippen molar-refractivity contribution in [3.8, 4) is 0 Å². The minimum absolute atomic E-state index is 0. The van der Waals surface area contributed by atoms with Crippen LogP contribution in [0, 0.1) is 0 Å². The number of carboxylic acid groups (broad SMARTS) is 1. The number of ketones is 1. The molecule has 2 aliphatic rings. The van der Waals surface area contributed by atoms with E-state index < -0.39 is 34.1 Å². The number of hydrogen-bond acceptors (Lipinski definition) is 5. The van der Waals surface area contributed by atoms with E-state index in [0.29, 0.717) is 16.7 Å². The van der Waals surface area contributed by atoms with Crippen LogP contribution in [-0.4, -0.2) is 85.3 Å². The number of thioether (sulfide) groups is 1. The van der Waals surface area contributed by atoms with Crippen LogP contribution in [0.3, 0.4) is 0 Å². The number of hydrogen-bond donors (Lipinski definition) is 2. The van der Waals surface area contributed by atoms with E-state index in [0.717, 1.165) is 0 Å². The molecule has 2 aromatic carbocycles. The van der Waals surface area contributed by atoms with Gasteiger partial charge in [-0.15, -0.1) is 11.8 Å². The number of fused-ring (bicyclic) bond motifs is 1. The fraction of sp³-hybridized carbons (Fsp3) is 0.333. The molecule has 0 aromatic heterocycles. The molecule has 4 rings (SSSR count). The molecule has 1 unspecified atom stereocenters. The zero-order chi connectivity index (χ0) is 23.2. The molecule has 2 aromatic rings. The SMILES string of the molecule is CC(C(=O)N[C@@H]1C(=O)N2[C@@H]1SC(C)(C)[C@@H]2C(=O)O)c1cccc(C(=O)c2ccccc2)c1.[Na]. The zero-order valence-electron chi connectivity index (χ0n) is 18.9. The fourth-order valence-corrected chi connectivity index (χ4v) is 5.91. The Morgan fingerprint density at radius 3 is 2.33 bits per heavy atom. The first-order chi connectivity index (χ1) is 15.1. The van der Waals surface area contributed by atoms with Crippen molar-refractivity contribution in [2.24, 2.45) is 0 Å². The fourth-order valence-electron chi connectivity index (χ4n) is 4.28. The summed E-state index contributed by atoms with van der Waals surface area (Å²) >= 11 is 1.38. The molecule has 167 valence electrons. The van der Waals surface area contributed by atoms with E-state index in [1.54, 1.807) is 69.3 Å². The quantitative estimate of drug-likeness (QED) is 0.378. The van der Waals surface area contributed by atoms with Gasteiger partial charge in [0.15, 0.2) is 5.78 Å². The molecule has 2 N–H and O–H groups in total. The van der Waals surface area contributed by atoms with Gasteiger partial charge in [-0.05, 0) is 32.4 Å². The summed E-state index contributed by atoms with van der Waals surface area (Å²) in [5.74, 6) is -2.49. The molecule has 0 spiro atoms. The van der Waals surface area contributed by atoms with Gasteiger partial charge in [-0.1, -0.05) is 48.5 Å². The first-order valence-electron chi connectivity index (χ1n) is 10.3. The summed E-state index contributed by atoms with van der Waals surface area (Å²) in [5, 5.41) is 11.9. The van der Waals surface area contributed by atoms with Crippen LogP contribution in [0.5, 0.6) is 0 Å². The summed E-state index contributed by atoms with van der Waals surface area (Å²) in [7, 11) is 0. The second kappa shape index (κ2) is 9.62. The van der Waals surface area contributed by atoms with Crippen molar-refractivity contribution in [1.29, 1.82) is 0 Å². The molecule has 9 heteroatoms. The average Bonchev–Trinajstić information content (AvgIpc) is 3.04. The van der Waals surface area contributed by atoms with Crippen LogP contribution in [0.4, 0.5) is 0 Å². The van der Waals surface area contributed by atoms with E-state index in [1.165, 1.54) is 16.7 Å². The Bertz CT molecular complexity index is 1110. The third-order valence-corrected chi connectivity index (χ3v) is 7.62. The van der Waals surface area contributed by atoms with Crippen LogP contribution in [0.25, 0.3) is 0 Å². The zero-order valence-corrected chi connectivity index (χ0v) is 21.8. The Labute approximate surface area is 218 Å². The number of aliphatic carboxylic acids is 1. The Morgan fingerprint density at radius 1 is 1.06 bits per heavy atom. The topological polar surface area (TPSA) is 104 Å². The van der Waals surface area contributed by atoms with Gasteiger partial charge < -0.3 is 15.3 Å². The molecule has 2 amide bonds. The Balaban J connectivity index is 0.00000306. The van der Waals surface area contributed by atoms with Gasteiger partial charge in [-0.25, -0.2) is 4.79 Å². The number of carbonyl (C=O) groups excluding carboxylic acids is 3. The summed E-state index contributed by atoms with van der Waals surface area (Å²) in [4.78, 5) is 51.3. The predicted octanol–water partition coefficient (Wildman–Crippen LogP) is 2.27. The van der Waals surface area contributed by atoms with E-state index in [-0.39, 0.29) is 47.2 Å². The van der Waals surface area contributed by atoms with Crippen molar-refractivity contribution >= 4 is 64.9 Å². The molecule has 4 atom stereocenters. The molecule has 2 aliphatic heterocycles. The largest absolute Gasteiger partial charge is 0.480 e. The number of amides is 2. The van der Waals surface area contributed by atoms with Gasteiger partial charge in [0, 0.05) is 45.4 Å². The van der Waals surface area contributed by atoms with Crippen LogP contribution in [-0.2, 0) is 14.4 Å². The van der Waals surface area contributed by atoms with Gasteiger partial charge >= 0.3 is 5.97 Å². The first-order valence-corrected chi connectivity index (χ1v) is 11.2. The number of nitrogens with one attached hydrogen (secondary N) is 1. The minimum Gasteiger partial charge on any atom is -0.480 e. The molecule has 1 radical (unpaired) electrons. The smallest absolute Gasteiger partial charge is 0.327 e. The van der Waals surface area contributed by atoms with Gasteiger partial charge in [0.2, 0.25) is 11.8 Å². The van der Waals surface area contributed by atoms with Crippen LogP contribution in [0.15, 0.2) is 54.6 Å².